The summed E-state index contributed by atoms with van der Waals surface area (Å²) >= 11 is 0. The van der Waals surface area contributed by atoms with E-state index < -0.39 is 6.04 Å². The topological polar surface area (TPSA) is 121 Å². The van der Waals surface area contributed by atoms with Crippen LogP contribution in [0.1, 0.15) is 12.0 Å². The normalized spacial score (nSPS) is 16.5. The quantitative estimate of drug-likeness (QED) is 0.486. The van der Waals surface area contributed by atoms with Gasteiger partial charge in [-0.05, 0) is 31.2 Å². The summed E-state index contributed by atoms with van der Waals surface area (Å²) in [5.41, 5.74) is 8.34. The lowest BCUT2D eigenvalue weighted by atomic mass is 10.2. The summed E-state index contributed by atoms with van der Waals surface area (Å²) < 4.78 is 0. The highest BCUT2D eigenvalue weighted by atomic mass is 16.2. The molecule has 2 aromatic rings. The van der Waals surface area contributed by atoms with E-state index >= 15 is 0 Å². The van der Waals surface area contributed by atoms with Crippen LogP contribution in [0.4, 0.5) is 11.4 Å². The lowest BCUT2D eigenvalue weighted by Gasteiger charge is -2.07. The number of hydrogen-bond acceptors (Lipinski definition) is 4. The van der Waals surface area contributed by atoms with Gasteiger partial charge in [0.2, 0.25) is 17.8 Å². The van der Waals surface area contributed by atoms with E-state index in [1.807, 2.05) is 49.4 Å². The Morgan fingerprint density at radius 1 is 1.11 bits per heavy atom. The summed E-state index contributed by atoms with van der Waals surface area (Å²) in [6.45, 7) is 1.96. The molecule has 0 spiro atoms. The van der Waals surface area contributed by atoms with Crippen LogP contribution in [0.5, 0.6) is 0 Å². The van der Waals surface area contributed by atoms with Crippen molar-refractivity contribution < 1.29 is 9.59 Å². The Balaban J connectivity index is 1.59. The second-order valence-electron chi connectivity index (χ2n) is 6.06. The van der Waals surface area contributed by atoms with Crippen LogP contribution in [0.25, 0.3) is 0 Å². The molecule has 0 radical (unpaired) electrons. The molecule has 2 aromatic carbocycles. The Morgan fingerprint density at radius 3 is 2.48 bits per heavy atom. The number of aliphatic imine (C=N–C) groups is 2. The summed E-state index contributed by atoms with van der Waals surface area (Å²) in [5.74, 6) is -0.525. The van der Waals surface area contributed by atoms with Crippen molar-refractivity contribution in [2.75, 3.05) is 10.6 Å². The lowest BCUT2D eigenvalue weighted by molar-refractivity contribution is -0.123. The lowest BCUT2D eigenvalue weighted by Crippen LogP contribution is -2.32. The van der Waals surface area contributed by atoms with Crippen LogP contribution >= 0.6 is 0 Å². The maximum Gasteiger partial charge on any atom is 0.252 e. The van der Waals surface area contributed by atoms with Crippen molar-refractivity contribution in [2.45, 2.75) is 19.4 Å². The Bertz CT molecular complexity index is 890. The highest BCUT2D eigenvalue weighted by Crippen LogP contribution is 2.12. The number of carbonyl (C=O) groups excluding carboxylic acids is 2. The Morgan fingerprint density at radius 2 is 1.78 bits per heavy atom. The standard InChI is InChI=1S/C19H20N6O2/c1-12-7-9-14(10-8-12)21-16(26)11-15-17(27)24-19(23-15)25-18(20)22-13-5-3-2-4-6-13/h2-10,15H,11H2,1H3,(H,21,26)(H4,20,22,23,24,25,27)/t15-/m0/s1. The molecule has 1 atom stereocenters. The number of nitrogens with zero attached hydrogens (tertiary/aromatic N) is 2. The van der Waals surface area contributed by atoms with Gasteiger partial charge in [-0.3, -0.25) is 14.9 Å². The molecule has 1 aliphatic heterocycles. The van der Waals surface area contributed by atoms with Crippen molar-refractivity contribution in [3.63, 3.8) is 0 Å². The highest BCUT2D eigenvalue weighted by Gasteiger charge is 2.28. The van der Waals surface area contributed by atoms with Gasteiger partial charge in [0.15, 0.2) is 0 Å². The second kappa shape index (κ2) is 8.13. The molecule has 1 heterocycles. The van der Waals surface area contributed by atoms with Crippen LogP contribution in [0, 0.1) is 6.92 Å². The molecule has 0 saturated heterocycles. The Kier molecular flexibility index (Phi) is 5.46. The highest BCUT2D eigenvalue weighted by molar-refractivity contribution is 6.11. The number of aryl methyl sites for hydroxylation is 1. The molecule has 0 saturated carbocycles. The number of hydrogen-bond donors (Lipinski definition) is 4. The van der Waals surface area contributed by atoms with Crippen molar-refractivity contribution in [1.82, 2.24) is 5.32 Å². The summed E-state index contributed by atoms with van der Waals surface area (Å²) in [5, 5.41) is 8.16. The number of carbonyl (C=O) groups is 2. The van der Waals surface area contributed by atoms with Crippen molar-refractivity contribution >= 4 is 35.1 Å². The van der Waals surface area contributed by atoms with E-state index in [-0.39, 0.29) is 30.2 Å². The largest absolute Gasteiger partial charge is 0.369 e. The van der Waals surface area contributed by atoms with E-state index in [2.05, 4.69) is 25.9 Å². The van der Waals surface area contributed by atoms with E-state index in [9.17, 15) is 9.59 Å². The minimum atomic E-state index is -0.835. The molecule has 0 bridgehead atoms. The molecule has 1 aliphatic rings. The molecular weight excluding hydrogens is 344 g/mol. The molecular formula is C19H20N6O2. The van der Waals surface area contributed by atoms with E-state index in [4.69, 9.17) is 5.73 Å². The zero-order valence-electron chi connectivity index (χ0n) is 14.8. The molecule has 3 rings (SSSR count). The molecule has 8 heteroatoms. The first-order valence-electron chi connectivity index (χ1n) is 8.41. The average molecular weight is 364 g/mol. The zero-order valence-corrected chi connectivity index (χ0v) is 14.8. The van der Waals surface area contributed by atoms with Gasteiger partial charge in [0.25, 0.3) is 5.91 Å². The monoisotopic (exact) mass is 364 g/mol. The first kappa shape index (κ1) is 18.1. The van der Waals surface area contributed by atoms with Crippen LogP contribution in [0.3, 0.4) is 0 Å². The van der Waals surface area contributed by atoms with Crippen LogP contribution in [0.15, 0.2) is 64.6 Å². The maximum atomic E-state index is 12.1. The van der Waals surface area contributed by atoms with Crippen molar-refractivity contribution in [3.8, 4) is 0 Å². The number of anilines is 2. The molecule has 138 valence electrons. The molecule has 0 unspecified atom stereocenters. The van der Waals surface area contributed by atoms with Gasteiger partial charge in [-0.15, -0.1) is 0 Å². The Labute approximate surface area is 156 Å². The molecule has 0 aromatic heterocycles. The molecule has 0 aliphatic carbocycles. The number of nitrogens with two attached hydrogens (primary N) is 1. The van der Waals surface area contributed by atoms with E-state index in [1.165, 1.54) is 0 Å². The van der Waals surface area contributed by atoms with E-state index in [0.717, 1.165) is 11.3 Å². The predicted molar refractivity (Wildman–Crippen MR) is 105 cm³/mol. The number of nitrogens with one attached hydrogen (secondary N) is 3. The molecule has 27 heavy (non-hydrogen) atoms. The van der Waals surface area contributed by atoms with Gasteiger partial charge in [-0.1, -0.05) is 35.9 Å². The van der Waals surface area contributed by atoms with Crippen molar-refractivity contribution in [3.05, 3.63) is 60.2 Å². The smallest absolute Gasteiger partial charge is 0.252 e. The number of rotatable bonds is 4. The third-order valence-corrected chi connectivity index (χ3v) is 3.80. The fourth-order valence-corrected chi connectivity index (χ4v) is 2.46. The minimum Gasteiger partial charge on any atom is -0.369 e. The van der Waals surface area contributed by atoms with Gasteiger partial charge in [0.1, 0.15) is 6.04 Å². The van der Waals surface area contributed by atoms with Gasteiger partial charge in [-0.2, -0.15) is 4.99 Å². The van der Waals surface area contributed by atoms with Gasteiger partial charge >= 0.3 is 0 Å². The summed E-state index contributed by atoms with van der Waals surface area (Å²) in [4.78, 5) is 32.3. The van der Waals surface area contributed by atoms with Crippen molar-refractivity contribution in [2.24, 2.45) is 15.7 Å². The first-order valence-corrected chi connectivity index (χ1v) is 8.41. The van der Waals surface area contributed by atoms with E-state index in [1.54, 1.807) is 12.1 Å². The number of para-hydroxylation sites is 1. The summed E-state index contributed by atoms with van der Waals surface area (Å²) in [6, 6.07) is 15.8. The predicted octanol–water partition coefficient (Wildman–Crippen LogP) is 1.60. The minimum absolute atomic E-state index is 0.0778. The van der Waals surface area contributed by atoms with Crippen molar-refractivity contribution in [1.29, 1.82) is 0 Å². The summed E-state index contributed by atoms with van der Waals surface area (Å²) in [7, 11) is 0. The van der Waals surface area contributed by atoms with Gasteiger partial charge < -0.3 is 16.4 Å². The Hall–Kier alpha value is -3.68. The zero-order chi connectivity index (χ0) is 19.2. The fraction of sp³-hybridized carbons (Fsp3) is 0.158. The average Bonchev–Trinajstić information content (AvgIpc) is 2.96. The molecule has 5 N–H and O–H groups in total. The van der Waals surface area contributed by atoms with Gasteiger partial charge in [0, 0.05) is 11.4 Å². The maximum absolute atomic E-state index is 12.1. The van der Waals surface area contributed by atoms with E-state index in [0.29, 0.717) is 5.69 Å². The van der Waals surface area contributed by atoms with Gasteiger partial charge in [-0.25, -0.2) is 4.99 Å². The number of amides is 2. The fourth-order valence-electron chi connectivity index (χ4n) is 2.46. The third kappa shape index (κ3) is 5.15. The number of benzene rings is 2. The second-order valence-corrected chi connectivity index (χ2v) is 6.06. The molecule has 2 amide bonds. The molecule has 8 nitrogen and oxygen atoms in total. The summed E-state index contributed by atoms with van der Waals surface area (Å²) in [6.07, 6.45) is -0.0786. The van der Waals surface area contributed by atoms with Gasteiger partial charge in [0.05, 0.1) is 6.42 Å². The first-order chi connectivity index (χ1) is 13.0. The molecule has 0 fully saturated rings. The number of guanidine groups is 2. The third-order valence-electron chi connectivity index (χ3n) is 3.80. The van der Waals surface area contributed by atoms with Crippen LogP contribution < -0.4 is 21.7 Å². The van der Waals surface area contributed by atoms with Crippen LogP contribution in [0.2, 0.25) is 0 Å². The SMILES string of the molecule is Cc1ccc(NC(=O)C[C@@H]2N=C(N=C(N)Nc3ccccc3)NC2=O)cc1. The van der Waals surface area contributed by atoms with Crippen LogP contribution in [-0.4, -0.2) is 29.8 Å². The van der Waals surface area contributed by atoms with Crippen LogP contribution in [-0.2, 0) is 9.59 Å².